The van der Waals surface area contributed by atoms with E-state index in [2.05, 4.69) is 59.2 Å². The van der Waals surface area contributed by atoms with Crippen molar-refractivity contribution in [2.24, 2.45) is 0 Å². The maximum atomic E-state index is 9.98. The van der Waals surface area contributed by atoms with E-state index in [0.717, 1.165) is 33.5 Å². The molecule has 6 aromatic rings. The second-order valence-electron chi connectivity index (χ2n) is 8.01. The van der Waals surface area contributed by atoms with Gasteiger partial charge >= 0.3 is 0 Å². The third-order valence-electron chi connectivity index (χ3n) is 5.89. The molecule has 0 spiro atoms. The summed E-state index contributed by atoms with van der Waals surface area (Å²) in [6, 6.07) is 31.3. The highest BCUT2D eigenvalue weighted by Gasteiger charge is 2.16. The molecular weight excluding hydrogens is 396 g/mol. The first kappa shape index (κ1) is 18.3. The summed E-state index contributed by atoms with van der Waals surface area (Å²) in [4.78, 5) is 0. The highest BCUT2D eigenvalue weighted by Crippen LogP contribution is 2.43. The molecule has 6 aromatic carbocycles. The summed E-state index contributed by atoms with van der Waals surface area (Å²) in [6.45, 7) is 0. The molecule has 0 aromatic heterocycles. The molecule has 0 atom stereocenters. The Kier molecular flexibility index (Phi) is 4.05. The van der Waals surface area contributed by atoms with Crippen molar-refractivity contribution in [3.63, 3.8) is 0 Å². The smallest absolute Gasteiger partial charge is 0.117 e. The molecule has 0 bridgehead atoms. The molecule has 0 radical (unpaired) electrons. The number of nitrogens with one attached hydrogen (secondary N) is 2. The molecule has 32 heavy (non-hydrogen) atoms. The van der Waals surface area contributed by atoms with Gasteiger partial charge in [0, 0.05) is 28.9 Å². The van der Waals surface area contributed by atoms with Crippen LogP contribution >= 0.6 is 0 Å². The number of anilines is 4. The lowest BCUT2D eigenvalue weighted by molar-refractivity contribution is 0.475. The van der Waals surface area contributed by atoms with E-state index in [9.17, 15) is 10.2 Å². The summed E-state index contributed by atoms with van der Waals surface area (Å²) in [6.07, 6.45) is 0. The predicted molar refractivity (Wildman–Crippen MR) is 133 cm³/mol. The van der Waals surface area contributed by atoms with Crippen LogP contribution in [0.1, 0.15) is 0 Å². The van der Waals surface area contributed by atoms with Crippen molar-refractivity contribution >= 4 is 55.1 Å². The second-order valence-corrected chi connectivity index (χ2v) is 8.01. The first-order valence-electron chi connectivity index (χ1n) is 10.5. The molecule has 4 nitrogen and oxygen atoms in total. The van der Waals surface area contributed by atoms with Crippen LogP contribution in [-0.4, -0.2) is 10.2 Å². The monoisotopic (exact) mass is 416 g/mol. The highest BCUT2D eigenvalue weighted by atomic mass is 16.3. The van der Waals surface area contributed by atoms with Crippen molar-refractivity contribution in [1.82, 2.24) is 0 Å². The Morgan fingerprint density at radius 1 is 0.500 bits per heavy atom. The van der Waals surface area contributed by atoms with Crippen LogP contribution in [0.4, 0.5) is 22.7 Å². The molecule has 0 heterocycles. The van der Waals surface area contributed by atoms with Gasteiger partial charge in [-0.15, -0.1) is 0 Å². The van der Waals surface area contributed by atoms with Crippen molar-refractivity contribution < 1.29 is 10.2 Å². The molecule has 0 aliphatic rings. The van der Waals surface area contributed by atoms with Gasteiger partial charge in [-0.25, -0.2) is 0 Å². The highest BCUT2D eigenvalue weighted by molar-refractivity contribution is 6.27. The van der Waals surface area contributed by atoms with Crippen LogP contribution in [0.25, 0.3) is 32.3 Å². The Balaban J connectivity index is 1.63. The number of hydrogen-bond acceptors (Lipinski definition) is 4. The average Bonchev–Trinajstić information content (AvgIpc) is 2.79. The van der Waals surface area contributed by atoms with Gasteiger partial charge in [0.25, 0.3) is 0 Å². The molecule has 0 aliphatic heterocycles. The molecule has 0 fully saturated rings. The van der Waals surface area contributed by atoms with Gasteiger partial charge in [-0.3, -0.25) is 0 Å². The zero-order valence-electron chi connectivity index (χ0n) is 17.1. The molecule has 0 unspecified atom stereocenters. The minimum Gasteiger partial charge on any atom is -0.508 e. The van der Waals surface area contributed by atoms with E-state index < -0.39 is 0 Å². The number of phenolic OH excluding ortho intramolecular Hbond substituents is 2. The van der Waals surface area contributed by atoms with Gasteiger partial charge in [-0.05, 0) is 57.3 Å². The van der Waals surface area contributed by atoms with Gasteiger partial charge in [-0.1, -0.05) is 54.6 Å². The quantitative estimate of drug-likeness (QED) is 0.225. The summed E-state index contributed by atoms with van der Waals surface area (Å²) >= 11 is 0. The lowest BCUT2D eigenvalue weighted by Gasteiger charge is -2.20. The molecule has 0 aliphatic carbocycles. The van der Waals surface area contributed by atoms with Crippen LogP contribution in [0.2, 0.25) is 0 Å². The minimum atomic E-state index is 0.204. The van der Waals surface area contributed by atoms with Crippen molar-refractivity contribution in [1.29, 1.82) is 0 Å². The van der Waals surface area contributed by atoms with E-state index in [-0.39, 0.29) is 11.5 Å². The Hall–Kier alpha value is -4.44. The van der Waals surface area contributed by atoms with Crippen LogP contribution in [0.15, 0.2) is 97.1 Å². The topological polar surface area (TPSA) is 64.5 Å². The molecular formula is C28H20N2O2. The average molecular weight is 416 g/mol. The number of aromatic hydroxyl groups is 2. The molecule has 4 heteroatoms. The van der Waals surface area contributed by atoms with E-state index in [1.54, 1.807) is 24.3 Å². The van der Waals surface area contributed by atoms with Crippen molar-refractivity contribution in [3.8, 4) is 11.5 Å². The molecule has 0 amide bonds. The number of benzene rings is 6. The SMILES string of the molecule is Oc1cccc(Nc2cc3ccc4cccc5ccc(c2Nc2cccc(O)c2)c3c45)c1. The standard InChI is InChI=1S/C28H20N2O2/c31-22-8-2-6-20(15-22)29-25-14-19-11-10-17-4-1-5-18-12-13-24(27(19)26(17)18)28(25)30-21-7-3-9-23(32)16-21/h1-16,29-32H. The summed E-state index contributed by atoms with van der Waals surface area (Å²) < 4.78 is 0. The van der Waals surface area contributed by atoms with Gasteiger partial charge < -0.3 is 20.8 Å². The van der Waals surface area contributed by atoms with E-state index in [0.29, 0.717) is 0 Å². The van der Waals surface area contributed by atoms with Gasteiger partial charge in [0.1, 0.15) is 11.5 Å². The zero-order valence-corrected chi connectivity index (χ0v) is 17.1. The Labute approximate surface area is 184 Å². The van der Waals surface area contributed by atoms with E-state index >= 15 is 0 Å². The molecule has 0 saturated heterocycles. The molecule has 0 saturated carbocycles. The van der Waals surface area contributed by atoms with Gasteiger partial charge in [0.15, 0.2) is 0 Å². The number of phenols is 2. The summed E-state index contributed by atoms with van der Waals surface area (Å²) in [7, 11) is 0. The zero-order chi connectivity index (χ0) is 21.7. The van der Waals surface area contributed by atoms with Gasteiger partial charge in [0.05, 0.1) is 11.4 Å². The fourth-order valence-electron chi connectivity index (χ4n) is 4.51. The summed E-state index contributed by atoms with van der Waals surface area (Å²) in [5.41, 5.74) is 3.37. The fourth-order valence-corrected chi connectivity index (χ4v) is 4.51. The van der Waals surface area contributed by atoms with Crippen LogP contribution < -0.4 is 10.6 Å². The van der Waals surface area contributed by atoms with E-state index in [1.807, 2.05) is 24.3 Å². The predicted octanol–water partition coefficient (Wildman–Crippen LogP) is 7.48. The maximum Gasteiger partial charge on any atom is 0.117 e. The maximum absolute atomic E-state index is 9.98. The first-order valence-corrected chi connectivity index (χ1v) is 10.5. The van der Waals surface area contributed by atoms with Gasteiger partial charge in [-0.2, -0.15) is 0 Å². The lowest BCUT2D eigenvalue weighted by atomic mass is 9.92. The van der Waals surface area contributed by atoms with Crippen LogP contribution in [0, 0.1) is 0 Å². The number of rotatable bonds is 4. The van der Waals surface area contributed by atoms with Gasteiger partial charge in [0.2, 0.25) is 0 Å². The van der Waals surface area contributed by atoms with E-state index in [1.165, 1.54) is 21.5 Å². The first-order chi connectivity index (χ1) is 15.7. The second kappa shape index (κ2) is 7.06. The molecule has 6 rings (SSSR count). The Bertz CT molecular complexity index is 1590. The van der Waals surface area contributed by atoms with E-state index in [4.69, 9.17) is 0 Å². The van der Waals surface area contributed by atoms with Crippen molar-refractivity contribution in [2.45, 2.75) is 0 Å². The third-order valence-corrected chi connectivity index (χ3v) is 5.89. The van der Waals surface area contributed by atoms with Crippen molar-refractivity contribution in [3.05, 3.63) is 97.1 Å². The minimum absolute atomic E-state index is 0.204. The Morgan fingerprint density at radius 2 is 1.09 bits per heavy atom. The van der Waals surface area contributed by atoms with Crippen LogP contribution in [0.3, 0.4) is 0 Å². The van der Waals surface area contributed by atoms with Crippen LogP contribution in [0.5, 0.6) is 11.5 Å². The summed E-state index contributed by atoms with van der Waals surface area (Å²) in [5.74, 6) is 0.408. The Morgan fingerprint density at radius 3 is 1.78 bits per heavy atom. The fraction of sp³-hybridized carbons (Fsp3) is 0. The number of hydrogen-bond donors (Lipinski definition) is 4. The van der Waals surface area contributed by atoms with Crippen LogP contribution in [-0.2, 0) is 0 Å². The summed E-state index contributed by atoms with van der Waals surface area (Å²) in [5, 5.41) is 34.0. The third kappa shape index (κ3) is 3.01. The molecule has 154 valence electrons. The largest absolute Gasteiger partial charge is 0.508 e. The lowest BCUT2D eigenvalue weighted by Crippen LogP contribution is -2.00. The van der Waals surface area contributed by atoms with Crippen molar-refractivity contribution in [2.75, 3.05) is 10.6 Å². The molecule has 4 N–H and O–H groups in total. The normalized spacial score (nSPS) is 11.4.